The molecule has 0 fully saturated rings. The molecule has 156 valence electrons. The van der Waals surface area contributed by atoms with E-state index in [4.69, 9.17) is 30.5 Å². The van der Waals surface area contributed by atoms with Gasteiger partial charge in [0.25, 0.3) is 0 Å². The summed E-state index contributed by atoms with van der Waals surface area (Å²) in [6.07, 6.45) is 0. The molecule has 3 aromatic carbocycles. The van der Waals surface area contributed by atoms with E-state index in [1.807, 2.05) is 36.4 Å². The topological polar surface area (TPSA) is 74.2 Å². The highest BCUT2D eigenvalue weighted by molar-refractivity contribution is 6.32. The third-order valence-electron chi connectivity index (χ3n) is 4.38. The molecule has 0 aliphatic heterocycles. The maximum absolute atomic E-state index is 11.7. The fraction of sp³-hybridized carbons (Fsp3) is 0.174. The third kappa shape index (κ3) is 5.15. The van der Waals surface area contributed by atoms with Crippen molar-refractivity contribution >= 4 is 17.6 Å². The number of hydrogen-bond donors (Lipinski definition) is 1. The minimum Gasteiger partial charge on any atom is -0.497 e. The molecule has 0 amide bonds. The van der Waals surface area contributed by atoms with Crippen LogP contribution in [-0.2, 0) is 13.2 Å². The number of hydrogen-bond acceptors (Lipinski definition) is 5. The van der Waals surface area contributed by atoms with Crippen LogP contribution in [-0.4, -0.2) is 25.3 Å². The van der Waals surface area contributed by atoms with Crippen LogP contribution in [0.4, 0.5) is 0 Å². The Kier molecular flexibility index (Phi) is 7.03. The van der Waals surface area contributed by atoms with Gasteiger partial charge < -0.3 is 24.1 Å². The van der Waals surface area contributed by atoms with Crippen LogP contribution in [0.25, 0.3) is 0 Å². The van der Waals surface area contributed by atoms with Crippen LogP contribution in [0.15, 0.2) is 60.7 Å². The second-order valence-corrected chi connectivity index (χ2v) is 6.74. The van der Waals surface area contributed by atoms with Gasteiger partial charge in [-0.1, -0.05) is 35.9 Å². The van der Waals surface area contributed by atoms with E-state index >= 15 is 0 Å². The van der Waals surface area contributed by atoms with Crippen molar-refractivity contribution in [2.24, 2.45) is 0 Å². The number of rotatable bonds is 9. The Bertz CT molecular complexity index is 999. The van der Waals surface area contributed by atoms with Crippen LogP contribution < -0.4 is 18.9 Å². The summed E-state index contributed by atoms with van der Waals surface area (Å²) in [5.41, 5.74) is 1.68. The van der Waals surface area contributed by atoms with Crippen LogP contribution in [0.5, 0.6) is 23.0 Å². The molecule has 0 aliphatic carbocycles. The smallest absolute Gasteiger partial charge is 0.339 e. The lowest BCUT2D eigenvalue weighted by Gasteiger charge is -2.17. The first-order valence-corrected chi connectivity index (χ1v) is 9.47. The molecular formula is C23H21ClO6. The van der Waals surface area contributed by atoms with Crippen molar-refractivity contribution < 1.29 is 28.8 Å². The average Bonchev–Trinajstić information content (AvgIpc) is 2.77. The normalized spacial score (nSPS) is 10.4. The van der Waals surface area contributed by atoms with Gasteiger partial charge in [0.2, 0.25) is 0 Å². The number of carboxylic acid groups (broad SMARTS) is 1. The van der Waals surface area contributed by atoms with Crippen LogP contribution in [0, 0.1) is 0 Å². The highest BCUT2D eigenvalue weighted by Crippen LogP contribution is 2.39. The molecule has 30 heavy (non-hydrogen) atoms. The molecule has 7 heteroatoms. The maximum atomic E-state index is 11.7. The summed E-state index contributed by atoms with van der Waals surface area (Å²) in [6.45, 7) is 0.329. The van der Waals surface area contributed by atoms with E-state index in [0.29, 0.717) is 0 Å². The van der Waals surface area contributed by atoms with Crippen molar-refractivity contribution in [2.75, 3.05) is 14.2 Å². The predicted octanol–water partition coefficient (Wildman–Crippen LogP) is 5.21. The molecule has 0 aromatic heterocycles. The van der Waals surface area contributed by atoms with Gasteiger partial charge in [-0.2, -0.15) is 0 Å². The molecule has 0 atom stereocenters. The summed E-state index contributed by atoms with van der Waals surface area (Å²) in [5.74, 6) is 0.579. The first kappa shape index (κ1) is 21.3. The van der Waals surface area contributed by atoms with Crippen molar-refractivity contribution in [1.82, 2.24) is 0 Å². The van der Waals surface area contributed by atoms with Gasteiger partial charge >= 0.3 is 5.97 Å². The largest absolute Gasteiger partial charge is 0.497 e. The van der Waals surface area contributed by atoms with Gasteiger partial charge in [0, 0.05) is 0 Å². The van der Waals surface area contributed by atoms with Crippen LogP contribution in [0.3, 0.4) is 0 Å². The van der Waals surface area contributed by atoms with Gasteiger partial charge in [-0.15, -0.1) is 0 Å². The summed E-state index contributed by atoms with van der Waals surface area (Å²) >= 11 is 6.31. The number of halogens is 1. The maximum Gasteiger partial charge on any atom is 0.339 e. The number of aromatic carboxylic acids is 1. The zero-order valence-electron chi connectivity index (χ0n) is 16.6. The van der Waals surface area contributed by atoms with E-state index in [1.165, 1.54) is 12.1 Å². The fourth-order valence-corrected chi connectivity index (χ4v) is 2.94. The Labute approximate surface area is 179 Å². The van der Waals surface area contributed by atoms with Crippen LogP contribution in [0.1, 0.15) is 21.5 Å². The number of carbonyl (C=O) groups is 1. The van der Waals surface area contributed by atoms with Gasteiger partial charge in [0.15, 0.2) is 11.5 Å². The van der Waals surface area contributed by atoms with Crippen molar-refractivity contribution in [2.45, 2.75) is 13.2 Å². The Morgan fingerprint density at radius 1 is 0.767 bits per heavy atom. The monoisotopic (exact) mass is 428 g/mol. The second-order valence-electron chi connectivity index (χ2n) is 6.33. The van der Waals surface area contributed by atoms with E-state index in [0.717, 1.165) is 22.6 Å². The first-order chi connectivity index (χ1) is 14.5. The zero-order valence-corrected chi connectivity index (χ0v) is 17.3. The minimum absolute atomic E-state index is 0.0300. The van der Waals surface area contributed by atoms with E-state index in [-0.39, 0.29) is 35.3 Å². The Hall–Kier alpha value is -3.38. The van der Waals surface area contributed by atoms with Gasteiger partial charge in [-0.25, -0.2) is 4.79 Å². The molecule has 3 rings (SSSR count). The molecule has 0 heterocycles. The first-order valence-electron chi connectivity index (χ1n) is 9.09. The average molecular weight is 429 g/mol. The molecule has 0 spiro atoms. The van der Waals surface area contributed by atoms with Crippen molar-refractivity contribution in [1.29, 1.82) is 0 Å². The molecule has 6 nitrogen and oxygen atoms in total. The van der Waals surface area contributed by atoms with Crippen molar-refractivity contribution in [3.05, 3.63) is 82.4 Å². The lowest BCUT2D eigenvalue weighted by molar-refractivity contribution is 0.0690. The van der Waals surface area contributed by atoms with Crippen LogP contribution >= 0.6 is 11.6 Å². The molecular weight excluding hydrogens is 408 g/mol. The predicted molar refractivity (Wildman–Crippen MR) is 113 cm³/mol. The standard InChI is InChI=1S/C23H21ClO6/c1-27-17-7-3-15(4-8-17)13-29-21-19(23(25)26)11-12-20(24)22(21)30-14-16-5-9-18(28-2)10-6-16/h3-12H,13-14H2,1-2H3,(H,25,26). The minimum atomic E-state index is -1.13. The molecule has 1 N–H and O–H groups in total. The molecule has 0 saturated carbocycles. The SMILES string of the molecule is COc1ccc(COc2c(Cl)ccc(C(=O)O)c2OCc2ccc(OC)cc2)cc1. The summed E-state index contributed by atoms with van der Waals surface area (Å²) in [4.78, 5) is 11.7. The number of carboxylic acids is 1. The van der Waals surface area contributed by atoms with Gasteiger partial charge in [-0.3, -0.25) is 0 Å². The Morgan fingerprint density at radius 2 is 1.23 bits per heavy atom. The van der Waals surface area contributed by atoms with Crippen molar-refractivity contribution in [3.8, 4) is 23.0 Å². The van der Waals surface area contributed by atoms with Gasteiger partial charge in [0.1, 0.15) is 30.3 Å². The highest BCUT2D eigenvalue weighted by Gasteiger charge is 2.20. The van der Waals surface area contributed by atoms with E-state index < -0.39 is 5.97 Å². The molecule has 0 bridgehead atoms. The lowest BCUT2D eigenvalue weighted by atomic mass is 10.1. The molecule has 0 radical (unpaired) electrons. The quantitative estimate of drug-likeness (QED) is 0.504. The number of benzene rings is 3. The Morgan fingerprint density at radius 3 is 1.67 bits per heavy atom. The molecule has 0 aliphatic rings. The number of ether oxygens (including phenoxy) is 4. The molecule has 0 unspecified atom stereocenters. The van der Waals surface area contributed by atoms with E-state index in [1.54, 1.807) is 26.4 Å². The molecule has 0 saturated heterocycles. The molecule has 3 aromatic rings. The lowest BCUT2D eigenvalue weighted by Crippen LogP contribution is -2.07. The van der Waals surface area contributed by atoms with Crippen LogP contribution in [0.2, 0.25) is 5.02 Å². The summed E-state index contributed by atoms with van der Waals surface area (Å²) in [5, 5.41) is 9.84. The Balaban J connectivity index is 1.83. The van der Waals surface area contributed by atoms with Gasteiger partial charge in [0.05, 0.1) is 19.2 Å². The summed E-state index contributed by atoms with van der Waals surface area (Å²) in [7, 11) is 3.18. The van der Waals surface area contributed by atoms with Gasteiger partial charge in [-0.05, 0) is 47.5 Å². The fourth-order valence-electron chi connectivity index (χ4n) is 2.74. The highest BCUT2D eigenvalue weighted by atomic mass is 35.5. The van der Waals surface area contributed by atoms with Crippen molar-refractivity contribution in [3.63, 3.8) is 0 Å². The second kappa shape index (κ2) is 9.89. The number of methoxy groups -OCH3 is 2. The van der Waals surface area contributed by atoms with E-state index in [2.05, 4.69) is 0 Å². The van der Waals surface area contributed by atoms with E-state index in [9.17, 15) is 9.90 Å². The third-order valence-corrected chi connectivity index (χ3v) is 4.68. The zero-order chi connectivity index (χ0) is 21.5. The summed E-state index contributed by atoms with van der Waals surface area (Å²) < 4.78 is 22.0. The summed E-state index contributed by atoms with van der Waals surface area (Å²) in [6, 6.07) is 17.5.